The smallest absolute Gasteiger partial charge is 0.354 e. The molecule has 4 rings (SSSR count). The average Bonchev–Trinajstić information content (AvgIpc) is 3.18. The summed E-state index contributed by atoms with van der Waals surface area (Å²) < 4.78 is 16.6. The van der Waals surface area contributed by atoms with Gasteiger partial charge in [0.05, 0.1) is 13.2 Å². The molecule has 0 spiro atoms. The third kappa shape index (κ3) is 4.43. The minimum atomic E-state index is -1.23. The Morgan fingerprint density at radius 1 is 1.10 bits per heavy atom. The first-order valence-electron chi connectivity index (χ1n) is 9.92. The lowest BCUT2D eigenvalue weighted by Gasteiger charge is -2.31. The lowest BCUT2D eigenvalue weighted by molar-refractivity contribution is -0.169. The standard InChI is InChI=1S/C17H23NO5.C6H4/c1-4-6-12-22-16-17(20-3,13-10-8-7-9-11-13)14(23-18-16)15(19)21-5-2;1-2-5-4-6(5)3-1/h7-11,14H,4-6,12H2,1-3H3;1-4H. The molecule has 2 unspecified atom stereocenters. The molecule has 0 saturated heterocycles. The maximum absolute atomic E-state index is 12.3. The Morgan fingerprint density at radius 3 is 2.34 bits per heavy atom. The van der Waals surface area contributed by atoms with Gasteiger partial charge in [-0.1, -0.05) is 61.9 Å². The molecule has 0 N–H and O–H groups in total. The Balaban J connectivity index is 0.000000334. The molecular weight excluding hydrogens is 370 g/mol. The van der Waals surface area contributed by atoms with Crippen molar-refractivity contribution in [3.8, 4) is 11.1 Å². The van der Waals surface area contributed by atoms with Gasteiger partial charge in [0, 0.05) is 7.11 Å². The van der Waals surface area contributed by atoms with Crippen LogP contribution < -0.4 is 0 Å². The highest BCUT2D eigenvalue weighted by molar-refractivity contribution is 5.95. The van der Waals surface area contributed by atoms with Crippen molar-refractivity contribution >= 4 is 11.9 Å². The minimum absolute atomic E-state index is 0.248. The number of oxime groups is 1. The number of methoxy groups -OCH3 is 1. The number of fused-ring (bicyclic) bond motifs is 1. The summed E-state index contributed by atoms with van der Waals surface area (Å²) in [6, 6.07) is 17.8. The summed E-state index contributed by atoms with van der Waals surface area (Å²) in [6.45, 7) is 4.54. The van der Waals surface area contributed by atoms with Crippen molar-refractivity contribution in [2.24, 2.45) is 5.16 Å². The van der Waals surface area contributed by atoms with E-state index < -0.39 is 17.7 Å². The number of hydrogen-bond acceptors (Lipinski definition) is 6. The quantitative estimate of drug-likeness (QED) is 0.440. The number of ether oxygens (including phenoxy) is 3. The van der Waals surface area contributed by atoms with Crippen LogP contribution in [0.25, 0.3) is 11.1 Å². The molecule has 6 nitrogen and oxygen atoms in total. The zero-order chi connectivity index (χ0) is 20.7. The SMILES string of the molecule is CCCCOC1=NOC(C(=O)OCC)C1(OC)c1ccccc1.c1cc2cc-2c1. The van der Waals surface area contributed by atoms with E-state index in [-0.39, 0.29) is 12.5 Å². The van der Waals surface area contributed by atoms with Gasteiger partial charge in [0.1, 0.15) is 0 Å². The first-order valence-corrected chi connectivity index (χ1v) is 9.92. The van der Waals surface area contributed by atoms with E-state index in [2.05, 4.69) is 36.3 Å². The minimum Gasteiger partial charge on any atom is -0.476 e. The van der Waals surface area contributed by atoms with Gasteiger partial charge >= 0.3 is 5.97 Å². The predicted molar refractivity (Wildman–Crippen MR) is 110 cm³/mol. The van der Waals surface area contributed by atoms with Crippen molar-refractivity contribution in [3.05, 3.63) is 60.2 Å². The molecule has 0 saturated carbocycles. The number of esters is 1. The molecule has 0 fully saturated rings. The molecule has 1 aromatic rings. The molecule has 1 heterocycles. The van der Waals surface area contributed by atoms with Gasteiger partial charge in [-0.15, -0.1) is 0 Å². The Bertz CT molecular complexity index is 834. The summed E-state index contributed by atoms with van der Waals surface area (Å²) in [4.78, 5) is 17.6. The molecule has 1 aliphatic heterocycles. The van der Waals surface area contributed by atoms with Gasteiger partial charge in [-0.25, -0.2) is 4.79 Å². The van der Waals surface area contributed by atoms with Gasteiger partial charge in [0.25, 0.3) is 12.0 Å². The maximum Gasteiger partial charge on any atom is 0.354 e. The molecule has 154 valence electrons. The molecule has 2 atom stereocenters. The fraction of sp³-hybridized carbons (Fsp3) is 0.391. The first kappa shape index (κ1) is 20.9. The van der Waals surface area contributed by atoms with Crippen LogP contribution in [0.15, 0.2) is 59.8 Å². The molecule has 6 heteroatoms. The summed E-state index contributed by atoms with van der Waals surface area (Å²) in [5.41, 5.74) is 2.35. The summed E-state index contributed by atoms with van der Waals surface area (Å²) >= 11 is 0. The highest BCUT2D eigenvalue weighted by Gasteiger charge is 2.58. The summed E-state index contributed by atoms with van der Waals surface area (Å²) in [6.07, 6.45) is 0.824. The normalized spacial score (nSPS) is 20.7. The van der Waals surface area contributed by atoms with Gasteiger partial charge in [0.2, 0.25) is 5.60 Å². The van der Waals surface area contributed by atoms with E-state index in [1.54, 1.807) is 6.92 Å². The van der Waals surface area contributed by atoms with E-state index >= 15 is 0 Å². The fourth-order valence-electron chi connectivity index (χ4n) is 3.18. The third-order valence-corrected chi connectivity index (χ3v) is 4.80. The van der Waals surface area contributed by atoms with Crippen LogP contribution in [0, 0.1) is 0 Å². The molecule has 1 aromatic carbocycles. The number of carbonyl (C=O) groups excluding carboxylic acids is 1. The molecule has 0 radical (unpaired) electrons. The lowest BCUT2D eigenvalue weighted by atomic mass is 9.87. The van der Waals surface area contributed by atoms with Crippen molar-refractivity contribution < 1.29 is 23.8 Å². The van der Waals surface area contributed by atoms with Crippen molar-refractivity contribution in [1.29, 1.82) is 0 Å². The fourth-order valence-corrected chi connectivity index (χ4v) is 3.18. The van der Waals surface area contributed by atoms with E-state index in [0.717, 1.165) is 18.4 Å². The van der Waals surface area contributed by atoms with Crippen molar-refractivity contribution in [3.63, 3.8) is 0 Å². The van der Waals surface area contributed by atoms with Crippen LogP contribution in [0.5, 0.6) is 0 Å². The van der Waals surface area contributed by atoms with Crippen molar-refractivity contribution in [2.75, 3.05) is 20.3 Å². The zero-order valence-corrected chi connectivity index (χ0v) is 17.1. The van der Waals surface area contributed by atoms with Gasteiger partial charge in [-0.2, -0.15) is 0 Å². The highest BCUT2D eigenvalue weighted by Crippen LogP contribution is 2.38. The molecule has 2 aliphatic carbocycles. The van der Waals surface area contributed by atoms with Crippen LogP contribution in [-0.2, 0) is 29.4 Å². The Morgan fingerprint density at radius 2 is 1.83 bits per heavy atom. The van der Waals surface area contributed by atoms with E-state index in [9.17, 15) is 4.79 Å². The summed E-state index contributed by atoms with van der Waals surface area (Å²) in [7, 11) is 1.51. The Labute approximate surface area is 171 Å². The van der Waals surface area contributed by atoms with Crippen LogP contribution in [-0.4, -0.2) is 38.3 Å². The molecule has 3 aliphatic rings. The number of benzene rings is 2. The van der Waals surface area contributed by atoms with Gasteiger partial charge in [0.15, 0.2) is 0 Å². The Hall–Kier alpha value is -2.86. The molecule has 0 bridgehead atoms. The monoisotopic (exact) mass is 397 g/mol. The number of rotatable bonds is 7. The largest absolute Gasteiger partial charge is 0.476 e. The second-order valence-electron chi connectivity index (χ2n) is 6.72. The predicted octanol–water partition coefficient (Wildman–Crippen LogP) is 4.29. The van der Waals surface area contributed by atoms with Crippen LogP contribution in [0.1, 0.15) is 32.3 Å². The second-order valence-corrected chi connectivity index (χ2v) is 6.72. The van der Waals surface area contributed by atoms with E-state index in [4.69, 9.17) is 19.0 Å². The number of nitrogens with zero attached hydrogens (tertiary/aromatic N) is 1. The number of hydrogen-bond donors (Lipinski definition) is 0. The topological polar surface area (TPSA) is 66.4 Å². The molecule has 29 heavy (non-hydrogen) atoms. The third-order valence-electron chi connectivity index (χ3n) is 4.80. The first-order chi connectivity index (χ1) is 14.2. The second kappa shape index (κ2) is 9.56. The molecule has 0 amide bonds. The van der Waals surface area contributed by atoms with Gasteiger partial charge < -0.3 is 19.0 Å². The molecular formula is C23H27NO5. The Kier molecular flexibility index (Phi) is 6.88. The zero-order valence-electron chi connectivity index (χ0n) is 17.1. The van der Waals surface area contributed by atoms with Crippen molar-refractivity contribution in [2.45, 2.75) is 38.4 Å². The number of carbonyl (C=O) groups is 1. The van der Waals surface area contributed by atoms with Crippen LogP contribution in [0.3, 0.4) is 0 Å². The van der Waals surface area contributed by atoms with Crippen LogP contribution >= 0.6 is 0 Å². The summed E-state index contributed by atoms with van der Waals surface area (Å²) in [5, 5.41) is 3.96. The van der Waals surface area contributed by atoms with Crippen LogP contribution in [0.2, 0.25) is 0 Å². The van der Waals surface area contributed by atoms with Gasteiger partial charge in [-0.3, -0.25) is 0 Å². The van der Waals surface area contributed by atoms with E-state index in [1.807, 2.05) is 30.3 Å². The highest BCUT2D eigenvalue weighted by atomic mass is 16.7. The van der Waals surface area contributed by atoms with Crippen LogP contribution in [0.4, 0.5) is 0 Å². The van der Waals surface area contributed by atoms with E-state index in [1.165, 1.54) is 18.2 Å². The average molecular weight is 397 g/mol. The van der Waals surface area contributed by atoms with Gasteiger partial charge in [-0.05, 0) is 41.3 Å². The maximum atomic E-state index is 12.3. The lowest BCUT2D eigenvalue weighted by Crippen LogP contribution is -2.50. The number of unbranched alkanes of at least 4 members (excludes halogenated alkanes) is 1. The molecule has 0 aromatic heterocycles. The summed E-state index contributed by atoms with van der Waals surface area (Å²) in [5.74, 6) is -0.284. The van der Waals surface area contributed by atoms with Crippen molar-refractivity contribution in [1.82, 2.24) is 0 Å². The van der Waals surface area contributed by atoms with E-state index in [0.29, 0.717) is 6.61 Å².